The lowest BCUT2D eigenvalue weighted by atomic mass is 9.98. The lowest BCUT2D eigenvalue weighted by Crippen LogP contribution is -1.96. The van der Waals surface area contributed by atoms with Crippen LogP contribution >= 0.6 is 0 Å². The smallest absolute Gasteiger partial charge is 0.147 e. The van der Waals surface area contributed by atoms with Crippen molar-refractivity contribution >= 4 is 60.3 Å². The summed E-state index contributed by atoms with van der Waals surface area (Å²) in [7, 11) is 0. The molecule has 1 aliphatic rings. The molecule has 0 fully saturated rings. The van der Waals surface area contributed by atoms with Gasteiger partial charge in [-0.05, 0) is 70.1 Å². The van der Waals surface area contributed by atoms with Crippen LogP contribution in [-0.2, 0) is 6.42 Å². The molecule has 0 atom stereocenters. The largest absolute Gasteiger partial charge is 0.309 e. The predicted octanol–water partition coefficient (Wildman–Crippen LogP) is 8.25. The van der Waals surface area contributed by atoms with E-state index in [0.717, 1.165) is 34.1 Å². The number of benzene rings is 4. The number of rotatable bonds is 1. The molecule has 5 heteroatoms. The second-order valence-electron chi connectivity index (χ2n) is 10.9. The monoisotopic (exact) mass is 523 g/mol. The van der Waals surface area contributed by atoms with Crippen LogP contribution in [0.4, 0.5) is 0 Å². The minimum absolute atomic E-state index is 0.852. The number of hydrogen-bond acceptors (Lipinski definition) is 3. The average Bonchev–Trinajstić information content (AvgIpc) is 3.71. The Hall–Kier alpha value is -5.55. The van der Waals surface area contributed by atoms with Crippen molar-refractivity contribution in [2.45, 2.75) is 6.42 Å². The van der Waals surface area contributed by atoms with Crippen LogP contribution in [0.15, 0.2) is 116 Å². The van der Waals surface area contributed by atoms with E-state index in [1.807, 2.05) is 30.7 Å². The van der Waals surface area contributed by atoms with Crippen LogP contribution in [-0.4, -0.2) is 23.9 Å². The first kappa shape index (κ1) is 21.3. The highest BCUT2D eigenvalue weighted by Crippen LogP contribution is 2.48. The third kappa shape index (κ3) is 2.63. The fraction of sp³-hybridized carbons (Fsp3) is 0.0278. The Morgan fingerprint density at radius 3 is 2.29 bits per heavy atom. The summed E-state index contributed by atoms with van der Waals surface area (Å²) in [6, 6.07) is 34.9. The third-order valence-electron chi connectivity index (χ3n) is 8.89. The molecule has 4 aromatic carbocycles. The molecule has 0 spiro atoms. The summed E-state index contributed by atoms with van der Waals surface area (Å²) in [6.45, 7) is 0. The van der Waals surface area contributed by atoms with E-state index < -0.39 is 0 Å². The number of nitrogens with zero attached hydrogens (tertiary/aromatic N) is 5. The number of aromatic nitrogens is 5. The summed E-state index contributed by atoms with van der Waals surface area (Å²) in [5.74, 6) is 0. The number of para-hydroxylation sites is 2. The van der Waals surface area contributed by atoms with Gasteiger partial charge in [-0.25, -0.2) is 9.97 Å². The predicted molar refractivity (Wildman–Crippen MR) is 166 cm³/mol. The van der Waals surface area contributed by atoms with Gasteiger partial charge in [0.2, 0.25) is 0 Å². The van der Waals surface area contributed by atoms with Crippen molar-refractivity contribution in [2.24, 2.45) is 0 Å². The van der Waals surface area contributed by atoms with Gasteiger partial charge in [0.1, 0.15) is 16.8 Å². The Morgan fingerprint density at radius 2 is 1.37 bits per heavy atom. The zero-order chi connectivity index (χ0) is 26.7. The van der Waals surface area contributed by atoms with Gasteiger partial charge in [-0.3, -0.25) is 9.38 Å². The van der Waals surface area contributed by atoms with Crippen LogP contribution in [0.25, 0.3) is 77.1 Å². The molecule has 5 aromatic heterocycles. The zero-order valence-electron chi connectivity index (χ0n) is 21.9. The minimum atomic E-state index is 0.852. The van der Waals surface area contributed by atoms with E-state index in [4.69, 9.17) is 9.97 Å². The van der Waals surface area contributed by atoms with Crippen molar-refractivity contribution in [3.63, 3.8) is 0 Å². The summed E-state index contributed by atoms with van der Waals surface area (Å²) in [6.07, 6.45) is 6.40. The van der Waals surface area contributed by atoms with Gasteiger partial charge < -0.3 is 4.57 Å². The summed E-state index contributed by atoms with van der Waals surface area (Å²) < 4.78 is 4.62. The molecule has 0 saturated heterocycles. The first-order valence-electron chi connectivity index (χ1n) is 13.9. The summed E-state index contributed by atoms with van der Waals surface area (Å²) in [5, 5.41) is 6.16. The molecule has 0 radical (unpaired) electrons. The lowest BCUT2D eigenvalue weighted by molar-refractivity contribution is 1.18. The molecular formula is C36H21N5. The van der Waals surface area contributed by atoms with Crippen molar-refractivity contribution in [2.75, 3.05) is 0 Å². The highest BCUT2D eigenvalue weighted by molar-refractivity contribution is 6.18. The molecule has 0 N–H and O–H groups in total. The maximum atomic E-state index is 5.15. The Bertz CT molecular complexity index is 2550. The second kappa shape index (κ2) is 7.55. The topological polar surface area (TPSA) is 48.0 Å². The van der Waals surface area contributed by atoms with Gasteiger partial charge in [0, 0.05) is 46.0 Å². The van der Waals surface area contributed by atoms with Gasteiger partial charge in [0.05, 0.1) is 22.7 Å². The van der Waals surface area contributed by atoms with Gasteiger partial charge in [-0.15, -0.1) is 0 Å². The van der Waals surface area contributed by atoms with E-state index in [1.165, 1.54) is 60.5 Å². The van der Waals surface area contributed by atoms with Gasteiger partial charge in [-0.2, -0.15) is 0 Å². The van der Waals surface area contributed by atoms with Crippen LogP contribution in [0.2, 0.25) is 0 Å². The molecule has 0 saturated carbocycles. The molecule has 0 amide bonds. The highest BCUT2D eigenvalue weighted by Gasteiger charge is 2.28. The van der Waals surface area contributed by atoms with E-state index in [-0.39, 0.29) is 0 Å². The van der Waals surface area contributed by atoms with Crippen molar-refractivity contribution in [3.8, 4) is 16.8 Å². The maximum Gasteiger partial charge on any atom is 0.147 e. The first-order chi connectivity index (χ1) is 20.4. The molecular weight excluding hydrogens is 502 g/mol. The summed E-state index contributed by atoms with van der Waals surface area (Å²) in [4.78, 5) is 14.3. The van der Waals surface area contributed by atoms with Crippen molar-refractivity contribution in [3.05, 3.63) is 127 Å². The molecule has 0 aliphatic heterocycles. The van der Waals surface area contributed by atoms with Crippen molar-refractivity contribution in [1.82, 2.24) is 23.9 Å². The molecule has 41 heavy (non-hydrogen) atoms. The Morgan fingerprint density at radius 1 is 0.561 bits per heavy atom. The zero-order valence-corrected chi connectivity index (χ0v) is 21.9. The third-order valence-corrected chi connectivity index (χ3v) is 8.89. The molecule has 0 bridgehead atoms. The Kier molecular flexibility index (Phi) is 3.92. The van der Waals surface area contributed by atoms with Crippen molar-refractivity contribution in [1.29, 1.82) is 0 Å². The van der Waals surface area contributed by atoms with E-state index in [0.29, 0.717) is 0 Å². The fourth-order valence-corrected chi connectivity index (χ4v) is 7.26. The maximum absolute atomic E-state index is 5.15. The lowest BCUT2D eigenvalue weighted by Gasteiger charge is -2.11. The molecule has 9 aromatic rings. The first-order valence-corrected chi connectivity index (χ1v) is 13.9. The Labute approximate surface area is 234 Å². The summed E-state index contributed by atoms with van der Waals surface area (Å²) >= 11 is 0. The number of hydrogen-bond donors (Lipinski definition) is 0. The van der Waals surface area contributed by atoms with Crippen LogP contribution < -0.4 is 0 Å². The molecule has 0 unspecified atom stereocenters. The molecule has 10 rings (SSSR count). The normalized spacial score (nSPS) is 12.8. The molecule has 190 valence electrons. The van der Waals surface area contributed by atoms with Gasteiger partial charge in [0.15, 0.2) is 0 Å². The SMILES string of the molecule is c1ccc(-n2c3ccccc3c3c4c(ccc32)-c2ccc3c5cccnc5n5c6ccncc6nc5c3c2C4)cc1. The van der Waals surface area contributed by atoms with Gasteiger partial charge in [-0.1, -0.05) is 54.6 Å². The second-order valence-corrected chi connectivity index (χ2v) is 10.9. The van der Waals surface area contributed by atoms with Gasteiger partial charge in [0.25, 0.3) is 0 Å². The van der Waals surface area contributed by atoms with E-state index in [9.17, 15) is 0 Å². The van der Waals surface area contributed by atoms with Gasteiger partial charge >= 0.3 is 0 Å². The van der Waals surface area contributed by atoms with Crippen LogP contribution in [0.5, 0.6) is 0 Å². The quantitative estimate of drug-likeness (QED) is 0.204. The van der Waals surface area contributed by atoms with E-state index in [1.54, 1.807) is 0 Å². The fourth-order valence-electron chi connectivity index (χ4n) is 7.26. The standard InChI is InChI=1S/C36H21N5/c1-2-7-21(8-3-1)40-30-11-5-4-9-26(30)33-27-19-28-22(23(27)14-15-32(33)40)12-13-24-25-10-6-17-38-35(25)41-31-16-18-37-20-29(31)39-36(41)34(24)28/h1-18,20H,19H2. The van der Waals surface area contributed by atoms with Crippen LogP contribution in [0.1, 0.15) is 11.1 Å². The number of fused-ring (bicyclic) bond motifs is 16. The van der Waals surface area contributed by atoms with Crippen LogP contribution in [0, 0.1) is 0 Å². The molecule has 5 heterocycles. The molecule has 5 nitrogen and oxygen atoms in total. The van der Waals surface area contributed by atoms with E-state index in [2.05, 4.69) is 98.9 Å². The minimum Gasteiger partial charge on any atom is -0.309 e. The van der Waals surface area contributed by atoms with Crippen molar-refractivity contribution < 1.29 is 0 Å². The average molecular weight is 524 g/mol. The van der Waals surface area contributed by atoms with E-state index >= 15 is 0 Å². The highest BCUT2D eigenvalue weighted by atomic mass is 15.1. The van der Waals surface area contributed by atoms with Crippen LogP contribution in [0.3, 0.4) is 0 Å². The Balaban J connectivity index is 1.34. The summed E-state index contributed by atoms with van der Waals surface area (Å²) in [5.41, 5.74) is 12.8. The number of pyridine rings is 3. The number of imidazole rings is 1. The molecule has 1 aliphatic carbocycles.